The average molecular weight is 344 g/mol. The Labute approximate surface area is 154 Å². The summed E-state index contributed by atoms with van der Waals surface area (Å²) in [6.45, 7) is 0. The molecule has 0 nitrogen and oxygen atoms in total. The molecule has 3 aromatic carbocycles. The lowest BCUT2D eigenvalue weighted by Crippen LogP contribution is -2.15. The molecule has 0 spiro atoms. The van der Waals surface area contributed by atoms with E-state index in [2.05, 4.69) is 91.0 Å². The fraction of sp³-hybridized carbons (Fsp3) is 0.250. The maximum absolute atomic E-state index is 2.27. The summed E-state index contributed by atoms with van der Waals surface area (Å²) in [5.74, 6) is 0. The van der Waals surface area contributed by atoms with Gasteiger partial charge in [0.05, 0.1) is 0 Å². The summed E-state index contributed by atoms with van der Waals surface area (Å²) in [6, 6.07) is 37.1. The van der Waals surface area contributed by atoms with Crippen LogP contribution in [0.2, 0.25) is 18.1 Å². The van der Waals surface area contributed by atoms with Gasteiger partial charge >= 0.3 is 0 Å². The lowest BCUT2D eigenvalue weighted by Gasteiger charge is -2.15. The van der Waals surface area contributed by atoms with Crippen LogP contribution in [0.25, 0.3) is 0 Å². The molecule has 0 bridgehead atoms. The van der Waals surface area contributed by atoms with E-state index in [4.69, 9.17) is 0 Å². The van der Waals surface area contributed by atoms with Gasteiger partial charge in [-0.1, -0.05) is 109 Å². The van der Waals surface area contributed by atoms with Crippen LogP contribution in [0.1, 0.15) is 16.7 Å². The van der Waals surface area contributed by atoms with Gasteiger partial charge in [0.25, 0.3) is 0 Å². The Morgan fingerprint density at radius 2 is 0.680 bits per heavy atom. The van der Waals surface area contributed by atoms with E-state index in [1.807, 2.05) is 0 Å². The Morgan fingerprint density at radius 3 is 0.960 bits per heavy atom. The Morgan fingerprint density at radius 1 is 0.400 bits per heavy atom. The van der Waals surface area contributed by atoms with Crippen molar-refractivity contribution in [2.24, 2.45) is 0 Å². The molecule has 0 atom stereocenters. The maximum atomic E-state index is 2.27. The number of aryl methyl sites for hydroxylation is 3. The second-order valence-corrected chi connectivity index (χ2v) is 9.71. The van der Waals surface area contributed by atoms with Crippen molar-refractivity contribution in [3.63, 3.8) is 0 Å². The van der Waals surface area contributed by atoms with Crippen LogP contribution < -0.4 is 0 Å². The van der Waals surface area contributed by atoms with Crippen molar-refractivity contribution in [2.45, 2.75) is 37.4 Å². The van der Waals surface area contributed by atoms with Crippen LogP contribution in [0, 0.1) is 0 Å². The first-order chi connectivity index (χ1) is 12.4. The molecule has 0 heterocycles. The molecule has 0 saturated heterocycles. The number of benzene rings is 3. The molecule has 0 fully saturated rings. The van der Waals surface area contributed by atoms with Crippen molar-refractivity contribution in [3.05, 3.63) is 108 Å². The van der Waals surface area contributed by atoms with E-state index >= 15 is 0 Å². The zero-order chi connectivity index (χ0) is 17.2. The van der Waals surface area contributed by atoms with Crippen molar-refractivity contribution in [3.8, 4) is 0 Å². The van der Waals surface area contributed by atoms with E-state index in [0.717, 1.165) is 0 Å². The van der Waals surface area contributed by atoms with Gasteiger partial charge in [-0.25, -0.2) is 0 Å². The van der Waals surface area contributed by atoms with Crippen LogP contribution in [0.5, 0.6) is 0 Å². The quantitative estimate of drug-likeness (QED) is 0.405. The molecule has 0 aliphatic rings. The predicted octanol–water partition coefficient (Wildman–Crippen LogP) is 6.21. The normalized spacial score (nSPS) is 10.9. The average Bonchev–Trinajstić information content (AvgIpc) is 2.70. The van der Waals surface area contributed by atoms with E-state index in [1.54, 1.807) is 0 Å². The molecular weight excluding hydrogens is 316 g/mol. The van der Waals surface area contributed by atoms with Gasteiger partial charge in [-0.3, -0.25) is 0 Å². The highest BCUT2D eigenvalue weighted by Crippen LogP contribution is 2.17. The summed E-state index contributed by atoms with van der Waals surface area (Å²) in [5, 5.41) is 0. The molecule has 1 radical (unpaired) electrons. The molecule has 0 unspecified atom stereocenters. The highest BCUT2D eigenvalue weighted by Gasteiger charge is 2.12. The first-order valence-electron chi connectivity index (χ1n) is 9.35. The molecular formula is C24H27Si. The number of hydrogen-bond acceptors (Lipinski definition) is 0. The van der Waals surface area contributed by atoms with Gasteiger partial charge in [0, 0.05) is 8.80 Å². The fourth-order valence-electron chi connectivity index (χ4n) is 3.27. The van der Waals surface area contributed by atoms with E-state index in [1.165, 1.54) is 54.1 Å². The third-order valence-corrected chi connectivity index (χ3v) is 7.70. The summed E-state index contributed by atoms with van der Waals surface area (Å²) in [7, 11) is -0.337. The zero-order valence-electron chi connectivity index (χ0n) is 14.9. The van der Waals surface area contributed by atoms with Gasteiger partial charge < -0.3 is 0 Å². The van der Waals surface area contributed by atoms with Crippen molar-refractivity contribution < 1.29 is 0 Å². The van der Waals surface area contributed by atoms with Crippen molar-refractivity contribution >= 4 is 8.80 Å². The first-order valence-corrected chi connectivity index (χ1v) is 11.5. The lowest BCUT2D eigenvalue weighted by molar-refractivity contribution is 1.00. The highest BCUT2D eigenvalue weighted by molar-refractivity contribution is 6.58. The van der Waals surface area contributed by atoms with Crippen LogP contribution in [-0.4, -0.2) is 8.80 Å². The van der Waals surface area contributed by atoms with Crippen molar-refractivity contribution in [2.75, 3.05) is 0 Å². The molecule has 0 amide bonds. The molecule has 3 aromatic rings. The summed E-state index contributed by atoms with van der Waals surface area (Å²) in [6.07, 6.45) is 3.70. The summed E-state index contributed by atoms with van der Waals surface area (Å²) in [5.41, 5.74) is 4.47. The predicted molar refractivity (Wildman–Crippen MR) is 111 cm³/mol. The van der Waals surface area contributed by atoms with Gasteiger partial charge in [-0.15, -0.1) is 0 Å². The SMILES string of the molecule is c1ccc(CC[Si](CCc2ccccc2)CCc2ccccc2)cc1. The van der Waals surface area contributed by atoms with Gasteiger partial charge in [-0.2, -0.15) is 0 Å². The van der Waals surface area contributed by atoms with E-state index in [-0.39, 0.29) is 8.80 Å². The van der Waals surface area contributed by atoms with E-state index < -0.39 is 0 Å². The standard InChI is InChI=1S/C24H27Si/c1-4-10-22(11-5-1)16-19-25(20-17-23-12-6-2-7-13-23)21-18-24-14-8-3-9-15-24/h1-15H,16-21H2. The number of hydrogen-bond donors (Lipinski definition) is 0. The van der Waals surface area contributed by atoms with Gasteiger partial charge in [0.1, 0.15) is 0 Å². The summed E-state index contributed by atoms with van der Waals surface area (Å²) in [4.78, 5) is 0. The summed E-state index contributed by atoms with van der Waals surface area (Å²) >= 11 is 0. The molecule has 0 N–H and O–H groups in total. The summed E-state index contributed by atoms with van der Waals surface area (Å²) < 4.78 is 0. The molecule has 3 rings (SSSR count). The molecule has 127 valence electrons. The third kappa shape index (κ3) is 6.36. The minimum atomic E-state index is -0.337. The van der Waals surface area contributed by atoms with Crippen LogP contribution in [0.15, 0.2) is 91.0 Å². The first kappa shape index (κ1) is 17.7. The van der Waals surface area contributed by atoms with E-state index in [0.29, 0.717) is 0 Å². The Balaban J connectivity index is 1.56. The Kier molecular flexibility index (Phi) is 7.08. The third-order valence-electron chi connectivity index (χ3n) is 4.83. The largest absolute Gasteiger partial charge is 0.0622 e. The monoisotopic (exact) mass is 343 g/mol. The van der Waals surface area contributed by atoms with Crippen LogP contribution in [0.4, 0.5) is 0 Å². The van der Waals surface area contributed by atoms with Crippen molar-refractivity contribution in [1.29, 1.82) is 0 Å². The minimum Gasteiger partial charge on any atom is -0.0622 e. The van der Waals surface area contributed by atoms with Crippen molar-refractivity contribution in [1.82, 2.24) is 0 Å². The van der Waals surface area contributed by atoms with Gasteiger partial charge in [-0.05, 0) is 36.0 Å². The Hall–Kier alpha value is -2.12. The van der Waals surface area contributed by atoms with Gasteiger partial charge in [0.2, 0.25) is 0 Å². The van der Waals surface area contributed by atoms with Crippen LogP contribution >= 0.6 is 0 Å². The maximum Gasteiger partial charge on any atom is 0.0489 e. The number of rotatable bonds is 9. The molecule has 0 saturated carbocycles. The van der Waals surface area contributed by atoms with Gasteiger partial charge in [0.15, 0.2) is 0 Å². The smallest absolute Gasteiger partial charge is 0.0489 e. The second-order valence-electron chi connectivity index (χ2n) is 6.71. The molecule has 25 heavy (non-hydrogen) atoms. The lowest BCUT2D eigenvalue weighted by atomic mass is 10.2. The molecule has 0 aromatic heterocycles. The molecule has 0 aliphatic heterocycles. The van der Waals surface area contributed by atoms with Crippen LogP contribution in [0.3, 0.4) is 0 Å². The minimum absolute atomic E-state index is 0.337. The van der Waals surface area contributed by atoms with Crippen LogP contribution in [-0.2, 0) is 19.3 Å². The highest BCUT2D eigenvalue weighted by atomic mass is 28.3. The second kappa shape index (κ2) is 10.0. The topological polar surface area (TPSA) is 0 Å². The molecule has 0 aliphatic carbocycles. The fourth-order valence-corrected chi connectivity index (χ4v) is 5.95. The van der Waals surface area contributed by atoms with E-state index in [9.17, 15) is 0 Å². The zero-order valence-corrected chi connectivity index (χ0v) is 15.9. The molecule has 1 heteroatoms. The Bertz CT molecular complexity index is 603.